The Morgan fingerprint density at radius 2 is 0.696 bits per heavy atom. The van der Waals surface area contributed by atoms with Crippen LogP contribution in [0.2, 0.25) is 0 Å². The van der Waals surface area contributed by atoms with E-state index >= 15 is 0 Å². The minimum absolute atomic E-state index is 0. The van der Waals surface area contributed by atoms with Crippen LogP contribution in [0, 0.1) is 11.6 Å². The van der Waals surface area contributed by atoms with Crippen LogP contribution in [0.4, 0.5) is 20.2 Å². The van der Waals surface area contributed by atoms with Gasteiger partial charge in [-0.05, 0) is 146 Å². The first kappa shape index (κ1) is 79.2. The van der Waals surface area contributed by atoms with E-state index in [9.17, 15) is 58.6 Å². The fraction of sp³-hybridized carbons (Fsp3) is 0.286. The number of carboxylic acid groups (broad SMARTS) is 4. The Morgan fingerprint density at radius 3 is 0.957 bits per heavy atom. The number of hydrogen-bond donors (Lipinski definition) is 6. The molecule has 0 fully saturated rings. The average molecular weight is 1310 g/mol. The second-order valence-electron chi connectivity index (χ2n) is 21.8. The van der Waals surface area contributed by atoms with E-state index < -0.39 is 72.8 Å². The molecule has 0 unspecified atom stereocenters. The van der Waals surface area contributed by atoms with Gasteiger partial charge in [0.05, 0.1) is 46.9 Å². The largest absolute Gasteiger partial charge is 2.00 e. The zero-order valence-electron chi connectivity index (χ0n) is 52.2. The van der Waals surface area contributed by atoms with Crippen LogP contribution in [0.5, 0.6) is 0 Å². The Hall–Kier alpha value is -7.08. The van der Waals surface area contributed by atoms with Gasteiger partial charge in [-0.25, -0.2) is 8.78 Å². The number of carbonyl (C=O) groups is 6. The van der Waals surface area contributed by atoms with E-state index in [1.54, 1.807) is 48.5 Å². The van der Waals surface area contributed by atoms with E-state index in [2.05, 4.69) is 10.6 Å². The molecule has 6 aromatic carbocycles. The number of aliphatic hydroxyl groups is 4. The fourth-order valence-electron chi connectivity index (χ4n) is 10.4. The zero-order valence-corrected chi connectivity index (χ0v) is 56.6. The zero-order chi connectivity index (χ0) is 66.2. The number of nitrogens with zero attached hydrogens (tertiary/aromatic N) is 2. The summed E-state index contributed by atoms with van der Waals surface area (Å²) in [5, 5.41) is 87.0. The number of carbonyl (C=O) groups excluding carboxylic acids is 6. The topological polar surface area (TPSA) is 309 Å². The van der Waals surface area contributed by atoms with Gasteiger partial charge in [0, 0.05) is 83.7 Å². The first-order chi connectivity index (χ1) is 42.8. The maximum absolute atomic E-state index is 14.0. The molecule has 22 heteroatoms. The number of amides is 2. The van der Waals surface area contributed by atoms with E-state index in [4.69, 9.17) is 19.8 Å². The van der Waals surface area contributed by atoms with Crippen LogP contribution in [-0.4, -0.2) is 165 Å². The maximum atomic E-state index is 14.0. The number of hydrogen-bond acceptors (Lipinski definition) is 14. The summed E-state index contributed by atoms with van der Waals surface area (Å²) in [5.74, 6) is -6.58. The third-order valence-electron chi connectivity index (χ3n) is 13.8. The molecule has 8 rings (SSSR count). The molecular formula is C70H74Ca2F2N4O14. The summed E-state index contributed by atoms with van der Waals surface area (Å²) < 4.78 is 32.0. The van der Waals surface area contributed by atoms with Gasteiger partial charge in [0.15, 0.2) is 0 Å². The number of aliphatic hydroxyl groups excluding tert-OH is 4. The molecule has 476 valence electrons. The molecule has 0 aliphatic rings. The molecular weight excluding hydrogens is 1240 g/mol. The van der Waals surface area contributed by atoms with E-state index in [1.165, 1.54) is 24.3 Å². The van der Waals surface area contributed by atoms with Crippen LogP contribution >= 0.6 is 0 Å². The van der Waals surface area contributed by atoms with Crippen molar-refractivity contribution >= 4 is 123 Å². The van der Waals surface area contributed by atoms with Gasteiger partial charge >= 0.3 is 75.5 Å². The number of carboxylic acids is 4. The van der Waals surface area contributed by atoms with Crippen molar-refractivity contribution in [2.24, 2.45) is 0 Å². The number of rotatable bonds is 24. The molecule has 4 atom stereocenters. The van der Waals surface area contributed by atoms with Gasteiger partial charge in [-0.1, -0.05) is 125 Å². The predicted molar refractivity (Wildman–Crippen MR) is 342 cm³/mol. The summed E-state index contributed by atoms with van der Waals surface area (Å²) in [6.45, 7) is 10.4. The number of nitrogens with one attached hydrogen (secondary N) is 2. The normalized spacial score (nSPS) is 11.9. The summed E-state index contributed by atoms with van der Waals surface area (Å²) in [6, 6.07) is 49.4. The van der Waals surface area contributed by atoms with Gasteiger partial charge in [-0.15, -0.1) is 0 Å². The van der Waals surface area contributed by atoms with Gasteiger partial charge in [0.2, 0.25) is 0 Å². The van der Waals surface area contributed by atoms with Crippen molar-refractivity contribution in [1.29, 1.82) is 0 Å². The second kappa shape index (κ2) is 39.5. The number of benzene rings is 6. The maximum Gasteiger partial charge on any atom is 2.00 e. The molecule has 0 saturated carbocycles. The van der Waals surface area contributed by atoms with Crippen LogP contribution in [0.25, 0.3) is 44.8 Å². The van der Waals surface area contributed by atoms with Crippen LogP contribution in [0.3, 0.4) is 0 Å². The molecule has 6 N–H and O–H groups in total. The summed E-state index contributed by atoms with van der Waals surface area (Å²) in [4.78, 5) is 67.6. The number of halogens is 2. The van der Waals surface area contributed by atoms with Crippen molar-refractivity contribution in [3.8, 4) is 44.8 Å². The molecule has 2 aromatic heterocycles. The van der Waals surface area contributed by atoms with E-state index in [0.29, 0.717) is 56.1 Å². The van der Waals surface area contributed by atoms with Crippen molar-refractivity contribution in [3.63, 3.8) is 0 Å². The van der Waals surface area contributed by atoms with Gasteiger partial charge in [0.25, 0.3) is 11.8 Å². The Balaban J connectivity index is 0.000000422. The number of para-hydroxylation sites is 2. The molecule has 2 amide bonds. The third kappa shape index (κ3) is 24.4. The third-order valence-corrected chi connectivity index (χ3v) is 13.8. The van der Waals surface area contributed by atoms with Crippen molar-refractivity contribution in [3.05, 3.63) is 204 Å². The van der Waals surface area contributed by atoms with Crippen LogP contribution in [0.15, 0.2) is 170 Å². The first-order valence-electron chi connectivity index (χ1n) is 29.1. The molecule has 0 bridgehead atoms. The van der Waals surface area contributed by atoms with Crippen LogP contribution in [0.1, 0.15) is 124 Å². The minimum Gasteiger partial charge on any atom is -0.550 e. The first-order valence-corrected chi connectivity index (χ1v) is 29.1. The van der Waals surface area contributed by atoms with E-state index in [-0.39, 0.29) is 138 Å². The van der Waals surface area contributed by atoms with Gasteiger partial charge < -0.3 is 79.8 Å². The molecule has 2 heterocycles. The van der Waals surface area contributed by atoms with Gasteiger partial charge in [0.1, 0.15) is 11.6 Å². The van der Waals surface area contributed by atoms with E-state index in [0.717, 1.165) is 36.4 Å². The second-order valence-corrected chi connectivity index (χ2v) is 21.8. The summed E-state index contributed by atoms with van der Waals surface area (Å²) in [5.41, 5.74) is 9.43. The van der Waals surface area contributed by atoms with E-state index in [1.807, 2.05) is 134 Å². The molecule has 8 aromatic rings. The monoisotopic (exact) mass is 1310 g/mol. The smallest absolute Gasteiger partial charge is 0.550 e. The predicted octanol–water partition coefficient (Wildman–Crippen LogP) is 6.71. The number of aromatic nitrogens is 2. The SMILES string of the molecule is CC(=O)[O-].CC(=O)[O-].CC(C)c1c(C(=O)Nc2ccccc2)c(-c2ccccc2)c(-c2ccc(F)cc2)n1CC[C@@H](O)C[C@@H](O)CC(=O)[O-].CC(C)c1c(C(=O)Nc2ccccc2)c(-c2ccccc2)c(-c2ccc(F)cc2)n1CC[C@@H](O)C[C@@H](O)CC(=O)[O-].[Ca+2].[Ca+2]. The van der Waals surface area contributed by atoms with Crippen molar-refractivity contribution in [1.82, 2.24) is 9.13 Å². The number of aliphatic carboxylic acids is 4. The van der Waals surface area contributed by atoms with Gasteiger partial charge in [-0.2, -0.15) is 0 Å². The Morgan fingerprint density at radius 1 is 0.424 bits per heavy atom. The number of anilines is 2. The Labute approximate surface area is 593 Å². The standard InChI is InChI=1S/2C33H35FN2O5.2C2H4O2.2Ca/c2*1-21(2)31-30(33(41)35-25-11-7-4-8-12-25)29(22-9-5-3-6-10-22)32(23-13-15-24(34)16-14-23)36(31)18-17-26(37)19-27(38)20-28(39)40;2*1-2(3)4;;/h2*3-16,21,26-27,37-38H,17-20H2,1-2H3,(H,35,41)(H,39,40);2*1H3,(H,3,4);;/q;;;;2*+2/p-4/t2*26-,27-;;;;/m11..../s1. The van der Waals surface area contributed by atoms with Crippen LogP contribution < -0.4 is 31.1 Å². The molecule has 0 aliphatic heterocycles. The van der Waals surface area contributed by atoms with Gasteiger partial charge in [-0.3, -0.25) is 9.59 Å². The quantitative estimate of drug-likeness (QED) is 0.0343. The van der Waals surface area contributed by atoms with Crippen molar-refractivity contribution < 1.29 is 78.4 Å². The molecule has 0 aliphatic carbocycles. The molecule has 0 radical (unpaired) electrons. The molecule has 92 heavy (non-hydrogen) atoms. The summed E-state index contributed by atoms with van der Waals surface area (Å²) >= 11 is 0. The molecule has 0 spiro atoms. The summed E-state index contributed by atoms with van der Waals surface area (Å²) in [7, 11) is 0. The molecule has 0 saturated heterocycles. The minimum atomic E-state index is -1.39. The average Bonchev–Trinajstić information content (AvgIpc) is 1.60. The molecule has 18 nitrogen and oxygen atoms in total. The Bertz CT molecular complexity index is 3380. The van der Waals surface area contributed by atoms with Crippen LogP contribution in [-0.2, 0) is 32.3 Å². The Kier molecular flexibility index (Phi) is 34.0. The van der Waals surface area contributed by atoms with Crippen molar-refractivity contribution in [2.75, 3.05) is 10.6 Å². The van der Waals surface area contributed by atoms with Crippen molar-refractivity contribution in [2.45, 2.75) is 129 Å². The fourth-order valence-corrected chi connectivity index (χ4v) is 10.4. The summed E-state index contributed by atoms with van der Waals surface area (Å²) in [6.07, 6.45) is -5.54.